The Kier molecular flexibility index (Phi) is 10.6. The van der Waals surface area contributed by atoms with Gasteiger partial charge in [0.05, 0.1) is 25.8 Å². The predicted octanol–water partition coefficient (Wildman–Crippen LogP) is 2.46. The maximum absolute atomic E-state index is 11.6. The van der Waals surface area contributed by atoms with E-state index >= 15 is 0 Å². The van der Waals surface area contributed by atoms with Crippen LogP contribution in [0.15, 0.2) is 29.3 Å². The maximum Gasteiger partial charge on any atom is 0.219 e. The normalized spacial score (nSPS) is 19.2. The molecule has 2 saturated heterocycles. The van der Waals surface area contributed by atoms with E-state index in [-0.39, 0.29) is 35.9 Å². The molecule has 2 fully saturated rings. The third-order valence-corrected chi connectivity index (χ3v) is 5.73. The van der Waals surface area contributed by atoms with Crippen molar-refractivity contribution in [3.63, 3.8) is 0 Å². The van der Waals surface area contributed by atoms with Crippen LogP contribution in [0.2, 0.25) is 5.02 Å². The summed E-state index contributed by atoms with van der Waals surface area (Å²) in [5.41, 5.74) is 1.18. The molecular formula is C21H33ClIN5O2. The lowest BCUT2D eigenvalue weighted by molar-refractivity contribution is -0.130. The number of halogens is 2. The lowest BCUT2D eigenvalue weighted by Crippen LogP contribution is -2.53. The number of carbonyl (C=O) groups excluding carboxylic acids is 1. The van der Waals surface area contributed by atoms with Crippen LogP contribution >= 0.6 is 35.6 Å². The van der Waals surface area contributed by atoms with Crippen molar-refractivity contribution in [3.8, 4) is 0 Å². The number of benzene rings is 1. The van der Waals surface area contributed by atoms with Crippen LogP contribution in [0.25, 0.3) is 0 Å². The van der Waals surface area contributed by atoms with E-state index in [4.69, 9.17) is 21.3 Å². The summed E-state index contributed by atoms with van der Waals surface area (Å²) >= 11 is 6.27. The van der Waals surface area contributed by atoms with Gasteiger partial charge in [0.2, 0.25) is 5.91 Å². The Bertz CT molecular complexity index is 706. The molecule has 1 N–H and O–H groups in total. The standard InChI is InChI=1S/C21H32ClN5O2.HI/c1-3-23-21(27-9-7-25(8-10-27)17(2)28)24-16-20(26-11-13-29-14-12-26)18-5-4-6-19(22)15-18;/h4-6,15,20H,3,7-14,16H2,1-2H3,(H,23,24);1H. The van der Waals surface area contributed by atoms with Gasteiger partial charge in [-0.25, -0.2) is 0 Å². The summed E-state index contributed by atoms with van der Waals surface area (Å²) in [5, 5.41) is 4.17. The molecule has 3 rings (SSSR count). The zero-order valence-corrected chi connectivity index (χ0v) is 20.9. The van der Waals surface area contributed by atoms with Crippen LogP contribution in [0.1, 0.15) is 25.5 Å². The summed E-state index contributed by atoms with van der Waals surface area (Å²) < 4.78 is 5.54. The molecule has 1 aromatic rings. The van der Waals surface area contributed by atoms with Crippen molar-refractivity contribution in [1.82, 2.24) is 20.0 Å². The molecule has 2 aliphatic heterocycles. The molecule has 0 saturated carbocycles. The van der Waals surface area contributed by atoms with E-state index < -0.39 is 0 Å². The number of ether oxygens (including phenoxy) is 1. The molecule has 1 amide bonds. The van der Waals surface area contributed by atoms with Gasteiger partial charge in [-0.15, -0.1) is 24.0 Å². The second kappa shape index (κ2) is 12.7. The molecule has 0 aromatic heterocycles. The van der Waals surface area contributed by atoms with Gasteiger partial charge in [-0.05, 0) is 24.6 Å². The van der Waals surface area contributed by atoms with Crippen LogP contribution in [0.3, 0.4) is 0 Å². The minimum atomic E-state index is 0. The Morgan fingerprint density at radius 2 is 1.83 bits per heavy atom. The minimum absolute atomic E-state index is 0. The number of nitrogens with one attached hydrogen (secondary N) is 1. The Morgan fingerprint density at radius 1 is 1.17 bits per heavy atom. The maximum atomic E-state index is 11.6. The van der Waals surface area contributed by atoms with Crippen LogP contribution in [-0.4, -0.2) is 92.1 Å². The molecule has 1 aromatic carbocycles. The van der Waals surface area contributed by atoms with Gasteiger partial charge < -0.3 is 19.9 Å². The molecule has 168 valence electrons. The van der Waals surface area contributed by atoms with E-state index in [1.807, 2.05) is 23.1 Å². The number of piperazine rings is 1. The van der Waals surface area contributed by atoms with Gasteiger partial charge in [0.25, 0.3) is 0 Å². The van der Waals surface area contributed by atoms with Crippen LogP contribution in [-0.2, 0) is 9.53 Å². The van der Waals surface area contributed by atoms with E-state index in [0.717, 1.165) is 70.0 Å². The van der Waals surface area contributed by atoms with Crippen LogP contribution in [0.5, 0.6) is 0 Å². The third-order valence-electron chi connectivity index (χ3n) is 5.49. The van der Waals surface area contributed by atoms with Gasteiger partial charge in [-0.3, -0.25) is 14.7 Å². The monoisotopic (exact) mass is 549 g/mol. The fourth-order valence-corrected chi connectivity index (χ4v) is 4.07. The summed E-state index contributed by atoms with van der Waals surface area (Å²) in [5.74, 6) is 1.05. The Hall–Kier alpha value is -1.10. The summed E-state index contributed by atoms with van der Waals surface area (Å²) in [7, 11) is 0. The number of aliphatic imine (C=N–C) groups is 1. The Morgan fingerprint density at radius 3 is 2.43 bits per heavy atom. The van der Waals surface area contributed by atoms with Crippen molar-refractivity contribution in [1.29, 1.82) is 0 Å². The number of nitrogens with zero attached hydrogens (tertiary/aromatic N) is 4. The quantitative estimate of drug-likeness (QED) is 0.347. The third kappa shape index (κ3) is 6.96. The Labute approximate surface area is 201 Å². The van der Waals surface area contributed by atoms with Crippen molar-refractivity contribution in [2.24, 2.45) is 4.99 Å². The first-order valence-electron chi connectivity index (χ1n) is 10.4. The summed E-state index contributed by atoms with van der Waals surface area (Å²) in [4.78, 5) is 23.2. The minimum Gasteiger partial charge on any atom is -0.379 e. The largest absolute Gasteiger partial charge is 0.379 e. The van der Waals surface area contributed by atoms with Crippen LogP contribution < -0.4 is 5.32 Å². The predicted molar refractivity (Wildman–Crippen MR) is 132 cm³/mol. The van der Waals surface area contributed by atoms with E-state index in [9.17, 15) is 4.79 Å². The van der Waals surface area contributed by atoms with Crippen molar-refractivity contribution >= 4 is 47.4 Å². The fourth-order valence-electron chi connectivity index (χ4n) is 3.87. The van der Waals surface area contributed by atoms with Crippen molar-refractivity contribution < 1.29 is 9.53 Å². The molecule has 1 atom stereocenters. The summed E-state index contributed by atoms with van der Waals surface area (Å²) in [6, 6.07) is 8.23. The van der Waals surface area contributed by atoms with Gasteiger partial charge in [-0.1, -0.05) is 23.7 Å². The van der Waals surface area contributed by atoms with E-state index in [0.29, 0.717) is 6.54 Å². The summed E-state index contributed by atoms with van der Waals surface area (Å²) in [6.07, 6.45) is 0. The first kappa shape index (κ1) is 25.2. The van der Waals surface area contributed by atoms with E-state index in [1.165, 1.54) is 5.56 Å². The lowest BCUT2D eigenvalue weighted by atomic mass is 10.0. The average molecular weight is 550 g/mol. The first-order chi connectivity index (χ1) is 14.1. The second-order valence-electron chi connectivity index (χ2n) is 7.41. The number of hydrogen-bond acceptors (Lipinski definition) is 4. The average Bonchev–Trinajstić information content (AvgIpc) is 2.74. The fraction of sp³-hybridized carbons (Fsp3) is 0.619. The van der Waals surface area contributed by atoms with Gasteiger partial charge in [-0.2, -0.15) is 0 Å². The number of morpholine rings is 1. The molecule has 7 nitrogen and oxygen atoms in total. The molecule has 9 heteroatoms. The van der Waals surface area contributed by atoms with Gasteiger partial charge >= 0.3 is 0 Å². The molecule has 0 spiro atoms. The van der Waals surface area contributed by atoms with Crippen LogP contribution in [0.4, 0.5) is 0 Å². The highest BCUT2D eigenvalue weighted by molar-refractivity contribution is 14.0. The smallest absolute Gasteiger partial charge is 0.219 e. The molecule has 1 unspecified atom stereocenters. The molecule has 2 heterocycles. The van der Waals surface area contributed by atoms with Crippen LogP contribution in [0, 0.1) is 0 Å². The van der Waals surface area contributed by atoms with Gasteiger partial charge in [0, 0.05) is 57.8 Å². The zero-order valence-electron chi connectivity index (χ0n) is 17.8. The molecule has 0 radical (unpaired) electrons. The van der Waals surface area contributed by atoms with Crippen molar-refractivity contribution in [2.45, 2.75) is 19.9 Å². The lowest BCUT2D eigenvalue weighted by Gasteiger charge is -2.37. The highest BCUT2D eigenvalue weighted by Crippen LogP contribution is 2.25. The Balaban J connectivity index is 0.00000320. The summed E-state index contributed by atoms with van der Waals surface area (Å²) in [6.45, 7) is 11.5. The number of hydrogen-bond donors (Lipinski definition) is 1. The number of guanidine groups is 1. The van der Waals surface area contributed by atoms with E-state index in [1.54, 1.807) is 6.92 Å². The van der Waals surface area contributed by atoms with Gasteiger partial charge in [0.15, 0.2) is 5.96 Å². The van der Waals surface area contributed by atoms with Gasteiger partial charge in [0.1, 0.15) is 0 Å². The van der Waals surface area contributed by atoms with Crippen molar-refractivity contribution in [3.05, 3.63) is 34.9 Å². The van der Waals surface area contributed by atoms with Crippen molar-refractivity contribution in [2.75, 3.05) is 65.6 Å². The highest BCUT2D eigenvalue weighted by atomic mass is 127. The number of rotatable bonds is 5. The molecule has 30 heavy (non-hydrogen) atoms. The second-order valence-corrected chi connectivity index (χ2v) is 7.84. The number of amides is 1. The zero-order chi connectivity index (χ0) is 20.6. The number of carbonyl (C=O) groups is 1. The topological polar surface area (TPSA) is 60.4 Å². The molecule has 0 bridgehead atoms. The SMILES string of the molecule is CCNC(=NCC(c1cccc(Cl)c1)N1CCOCC1)N1CCN(C(C)=O)CC1.I. The molecular weight excluding hydrogens is 517 g/mol. The highest BCUT2D eigenvalue weighted by Gasteiger charge is 2.25. The first-order valence-corrected chi connectivity index (χ1v) is 10.8. The molecule has 2 aliphatic rings. The van der Waals surface area contributed by atoms with E-state index in [2.05, 4.69) is 28.1 Å². The molecule has 0 aliphatic carbocycles.